The van der Waals surface area contributed by atoms with Crippen LogP contribution in [-0.4, -0.2) is 55.8 Å². The number of nitrogens with zero attached hydrogens (tertiary/aromatic N) is 1. The van der Waals surface area contributed by atoms with E-state index >= 15 is 0 Å². The van der Waals surface area contributed by atoms with Crippen molar-refractivity contribution in [1.82, 2.24) is 5.32 Å². The Kier molecular flexibility index (Phi) is 6.14. The lowest BCUT2D eigenvalue weighted by Gasteiger charge is -2.29. The van der Waals surface area contributed by atoms with E-state index in [0.717, 1.165) is 0 Å². The summed E-state index contributed by atoms with van der Waals surface area (Å²) in [6.45, 7) is 0.304. The summed E-state index contributed by atoms with van der Waals surface area (Å²) in [4.78, 5) is 36.6. The van der Waals surface area contributed by atoms with Crippen LogP contribution >= 0.6 is 0 Å². The van der Waals surface area contributed by atoms with E-state index in [1.54, 1.807) is 24.3 Å². The number of carboxylic acid groups (broad SMARTS) is 1. The SMILES string of the molecule is COCCC(NC(=O)CCN1C(=O)COc2ccccc21)C(=O)O. The van der Waals surface area contributed by atoms with E-state index in [9.17, 15) is 14.4 Å². The molecule has 2 rings (SSSR count). The number of aliphatic carboxylic acids is 1. The number of carbonyl (C=O) groups excluding carboxylic acids is 2. The molecule has 0 aromatic heterocycles. The minimum Gasteiger partial charge on any atom is -0.482 e. The number of hydrogen-bond donors (Lipinski definition) is 2. The molecular formula is C16H20N2O6. The van der Waals surface area contributed by atoms with Gasteiger partial charge in [0.2, 0.25) is 5.91 Å². The molecule has 0 spiro atoms. The predicted octanol–water partition coefficient (Wildman–Crippen LogP) is 0.408. The van der Waals surface area contributed by atoms with Crippen molar-refractivity contribution in [1.29, 1.82) is 0 Å². The zero-order chi connectivity index (χ0) is 17.5. The summed E-state index contributed by atoms with van der Waals surface area (Å²) < 4.78 is 10.2. The quantitative estimate of drug-likeness (QED) is 0.712. The number of amides is 2. The number of anilines is 1. The minimum absolute atomic E-state index is 0.00314. The van der Waals surface area contributed by atoms with E-state index in [2.05, 4.69) is 5.32 Å². The number of carbonyl (C=O) groups is 3. The highest BCUT2D eigenvalue weighted by atomic mass is 16.5. The average Bonchev–Trinajstić information content (AvgIpc) is 2.57. The van der Waals surface area contributed by atoms with Crippen LogP contribution in [-0.2, 0) is 19.1 Å². The van der Waals surface area contributed by atoms with Gasteiger partial charge in [-0.05, 0) is 12.1 Å². The molecule has 1 aromatic rings. The van der Waals surface area contributed by atoms with Gasteiger partial charge >= 0.3 is 5.97 Å². The molecule has 1 aromatic carbocycles. The van der Waals surface area contributed by atoms with Crippen LogP contribution in [0.15, 0.2) is 24.3 Å². The Balaban J connectivity index is 1.93. The lowest BCUT2D eigenvalue weighted by atomic mass is 10.2. The molecule has 24 heavy (non-hydrogen) atoms. The largest absolute Gasteiger partial charge is 0.482 e. The number of benzene rings is 1. The number of methoxy groups -OCH3 is 1. The van der Waals surface area contributed by atoms with Gasteiger partial charge in [0.1, 0.15) is 11.8 Å². The van der Waals surface area contributed by atoms with Crippen LogP contribution < -0.4 is 15.0 Å². The third-order valence-corrected chi connectivity index (χ3v) is 3.61. The Hall–Kier alpha value is -2.61. The van der Waals surface area contributed by atoms with Crippen molar-refractivity contribution in [3.63, 3.8) is 0 Å². The molecule has 130 valence electrons. The molecule has 2 N–H and O–H groups in total. The van der Waals surface area contributed by atoms with Crippen molar-refractivity contribution in [2.45, 2.75) is 18.9 Å². The minimum atomic E-state index is -1.12. The Morgan fingerprint density at radius 2 is 2.17 bits per heavy atom. The summed E-state index contributed by atoms with van der Waals surface area (Å²) in [7, 11) is 1.46. The molecule has 0 fully saturated rings. The molecule has 2 amide bonds. The molecule has 0 bridgehead atoms. The third kappa shape index (κ3) is 4.45. The number of carboxylic acids is 1. The summed E-state index contributed by atoms with van der Waals surface area (Å²) >= 11 is 0. The van der Waals surface area contributed by atoms with E-state index in [4.69, 9.17) is 14.6 Å². The fourth-order valence-corrected chi connectivity index (χ4v) is 2.37. The lowest BCUT2D eigenvalue weighted by molar-refractivity contribution is -0.142. The van der Waals surface area contributed by atoms with Gasteiger partial charge in [-0.2, -0.15) is 0 Å². The van der Waals surface area contributed by atoms with E-state index in [1.807, 2.05) is 0 Å². The van der Waals surface area contributed by atoms with Gasteiger partial charge in [-0.25, -0.2) is 4.79 Å². The molecule has 8 nitrogen and oxygen atoms in total. The van der Waals surface area contributed by atoms with Crippen LogP contribution in [0.1, 0.15) is 12.8 Å². The average molecular weight is 336 g/mol. The molecule has 1 aliphatic rings. The normalized spacial score (nSPS) is 14.5. The molecule has 1 unspecified atom stereocenters. The number of rotatable bonds is 8. The van der Waals surface area contributed by atoms with Crippen molar-refractivity contribution in [2.24, 2.45) is 0 Å². The van der Waals surface area contributed by atoms with Crippen LogP contribution in [0.5, 0.6) is 5.75 Å². The van der Waals surface area contributed by atoms with E-state index in [1.165, 1.54) is 12.0 Å². The molecule has 0 radical (unpaired) electrons. The number of hydrogen-bond acceptors (Lipinski definition) is 5. The fourth-order valence-electron chi connectivity index (χ4n) is 2.37. The monoisotopic (exact) mass is 336 g/mol. The topological polar surface area (TPSA) is 105 Å². The van der Waals surface area contributed by atoms with E-state index in [0.29, 0.717) is 11.4 Å². The molecule has 0 aliphatic carbocycles. The molecule has 0 saturated heterocycles. The summed E-state index contributed by atoms with van der Waals surface area (Å²) in [6.07, 6.45) is 0.174. The second kappa shape index (κ2) is 8.30. The highest BCUT2D eigenvalue weighted by Gasteiger charge is 2.26. The van der Waals surface area contributed by atoms with Gasteiger partial charge in [-0.3, -0.25) is 9.59 Å². The Bertz CT molecular complexity index is 618. The maximum atomic E-state index is 12.0. The first kappa shape index (κ1) is 17.7. The van der Waals surface area contributed by atoms with Gasteiger partial charge in [0.25, 0.3) is 5.91 Å². The van der Waals surface area contributed by atoms with Crippen LogP contribution in [0.25, 0.3) is 0 Å². The molecular weight excluding hydrogens is 316 g/mol. The Labute approximate surface area is 139 Å². The number of ether oxygens (including phenoxy) is 2. The Morgan fingerprint density at radius 1 is 1.42 bits per heavy atom. The molecule has 0 saturated carbocycles. The van der Waals surface area contributed by atoms with Crippen LogP contribution in [0, 0.1) is 0 Å². The van der Waals surface area contributed by atoms with Crippen LogP contribution in [0.2, 0.25) is 0 Å². The summed E-state index contributed by atoms with van der Waals surface area (Å²) in [5.74, 6) is -1.21. The standard InChI is InChI=1S/C16H20N2O6/c1-23-9-7-11(16(21)22)17-14(19)6-8-18-12-4-2-3-5-13(12)24-10-15(18)20/h2-5,11H,6-10H2,1H3,(H,17,19)(H,21,22). The second-order valence-electron chi connectivity index (χ2n) is 5.29. The summed E-state index contributed by atoms with van der Waals surface area (Å²) in [6, 6.07) is 6.06. The van der Waals surface area contributed by atoms with Gasteiger partial charge < -0.3 is 24.8 Å². The van der Waals surface area contributed by atoms with Crippen molar-refractivity contribution in [2.75, 3.05) is 31.8 Å². The van der Waals surface area contributed by atoms with Gasteiger partial charge in [-0.15, -0.1) is 0 Å². The Morgan fingerprint density at radius 3 is 2.88 bits per heavy atom. The third-order valence-electron chi connectivity index (χ3n) is 3.61. The maximum absolute atomic E-state index is 12.0. The van der Waals surface area contributed by atoms with Crippen molar-refractivity contribution in [3.05, 3.63) is 24.3 Å². The smallest absolute Gasteiger partial charge is 0.326 e. The molecule has 1 heterocycles. The van der Waals surface area contributed by atoms with Crippen LogP contribution in [0.4, 0.5) is 5.69 Å². The van der Waals surface area contributed by atoms with Gasteiger partial charge in [-0.1, -0.05) is 12.1 Å². The number of para-hydroxylation sites is 2. The van der Waals surface area contributed by atoms with Gasteiger partial charge in [0.15, 0.2) is 6.61 Å². The molecule has 8 heteroatoms. The summed E-state index contributed by atoms with van der Waals surface area (Å²) in [5.41, 5.74) is 0.607. The first-order chi connectivity index (χ1) is 11.5. The van der Waals surface area contributed by atoms with Gasteiger partial charge in [0, 0.05) is 33.1 Å². The van der Waals surface area contributed by atoms with Crippen molar-refractivity contribution < 1.29 is 29.0 Å². The fraction of sp³-hybridized carbons (Fsp3) is 0.438. The maximum Gasteiger partial charge on any atom is 0.326 e. The number of nitrogens with one attached hydrogen (secondary N) is 1. The highest BCUT2D eigenvalue weighted by Crippen LogP contribution is 2.31. The molecule has 1 aliphatic heterocycles. The number of fused-ring (bicyclic) bond motifs is 1. The second-order valence-corrected chi connectivity index (χ2v) is 5.29. The lowest BCUT2D eigenvalue weighted by Crippen LogP contribution is -2.44. The zero-order valence-electron chi connectivity index (χ0n) is 13.4. The first-order valence-electron chi connectivity index (χ1n) is 7.56. The van der Waals surface area contributed by atoms with E-state index < -0.39 is 17.9 Å². The van der Waals surface area contributed by atoms with Crippen molar-refractivity contribution in [3.8, 4) is 5.75 Å². The zero-order valence-corrected chi connectivity index (χ0v) is 13.4. The summed E-state index contributed by atoms with van der Waals surface area (Å²) in [5, 5.41) is 11.5. The first-order valence-corrected chi connectivity index (χ1v) is 7.56. The van der Waals surface area contributed by atoms with Crippen molar-refractivity contribution >= 4 is 23.5 Å². The molecule has 1 atom stereocenters. The predicted molar refractivity (Wildman–Crippen MR) is 85.0 cm³/mol. The van der Waals surface area contributed by atoms with E-state index in [-0.39, 0.29) is 38.5 Å². The van der Waals surface area contributed by atoms with Gasteiger partial charge in [0.05, 0.1) is 5.69 Å². The highest BCUT2D eigenvalue weighted by molar-refractivity contribution is 5.98. The van der Waals surface area contributed by atoms with Crippen LogP contribution in [0.3, 0.4) is 0 Å².